The Balaban J connectivity index is 2.16. The molecule has 1 aromatic carbocycles. The third-order valence-electron chi connectivity index (χ3n) is 3.80. The Morgan fingerprint density at radius 2 is 1.89 bits per heavy atom. The molecule has 2 unspecified atom stereocenters. The molecule has 0 nitrogen and oxygen atoms in total. The summed E-state index contributed by atoms with van der Waals surface area (Å²) in [6.45, 7) is 6.74. The minimum Gasteiger partial charge on any atom is -0.247 e. The highest BCUT2D eigenvalue weighted by Gasteiger charge is 2.26. The van der Waals surface area contributed by atoms with Crippen LogP contribution in [0.4, 0.5) is 4.39 Å². The molecule has 1 fully saturated rings. The average Bonchev–Trinajstić information content (AvgIpc) is 2.27. The fourth-order valence-electron chi connectivity index (χ4n) is 3.01. The average molecular weight is 248 g/mol. The van der Waals surface area contributed by atoms with Crippen molar-refractivity contribution in [3.8, 4) is 0 Å². The highest BCUT2D eigenvalue weighted by Crippen LogP contribution is 2.35. The minimum atomic E-state index is -0.636. The number of alkyl halides is 1. The summed E-state index contributed by atoms with van der Waals surface area (Å²) in [4.78, 5) is 0. The lowest BCUT2D eigenvalue weighted by molar-refractivity contribution is 0.216. The number of halogens is 1. The van der Waals surface area contributed by atoms with E-state index in [-0.39, 0.29) is 5.92 Å². The lowest BCUT2D eigenvalue weighted by Crippen LogP contribution is -2.19. The quantitative estimate of drug-likeness (QED) is 0.668. The molecular weight excluding hydrogens is 223 g/mol. The van der Waals surface area contributed by atoms with Crippen LogP contribution in [0, 0.1) is 5.41 Å². The zero-order valence-corrected chi connectivity index (χ0v) is 11.9. The van der Waals surface area contributed by atoms with Crippen molar-refractivity contribution < 1.29 is 4.39 Å². The topological polar surface area (TPSA) is 0 Å². The van der Waals surface area contributed by atoms with Gasteiger partial charge in [-0.3, -0.25) is 0 Å². The molecule has 0 N–H and O–H groups in total. The third kappa shape index (κ3) is 3.57. The van der Waals surface area contributed by atoms with E-state index in [4.69, 9.17) is 0 Å². The predicted octanol–water partition coefficient (Wildman–Crippen LogP) is 5.27. The number of hydrogen-bond acceptors (Lipinski definition) is 0. The summed E-state index contributed by atoms with van der Waals surface area (Å²) in [7, 11) is 0. The van der Waals surface area contributed by atoms with Crippen LogP contribution in [0.25, 0.3) is 0 Å². The van der Waals surface area contributed by atoms with Crippen molar-refractivity contribution >= 4 is 0 Å². The molecule has 1 aliphatic rings. The highest BCUT2D eigenvalue weighted by atomic mass is 19.1. The van der Waals surface area contributed by atoms with Gasteiger partial charge in [-0.15, -0.1) is 0 Å². The van der Waals surface area contributed by atoms with Crippen LogP contribution in [0.5, 0.6) is 0 Å². The summed E-state index contributed by atoms with van der Waals surface area (Å²) in [6, 6.07) is 8.60. The molecule has 0 aromatic heterocycles. The minimum absolute atomic E-state index is 0.138. The first-order valence-corrected chi connectivity index (χ1v) is 7.19. The van der Waals surface area contributed by atoms with Crippen molar-refractivity contribution in [1.82, 2.24) is 0 Å². The van der Waals surface area contributed by atoms with Crippen LogP contribution in [0.1, 0.15) is 63.5 Å². The van der Waals surface area contributed by atoms with E-state index in [2.05, 4.69) is 45.0 Å². The van der Waals surface area contributed by atoms with Gasteiger partial charge in [-0.1, -0.05) is 57.9 Å². The van der Waals surface area contributed by atoms with Gasteiger partial charge < -0.3 is 0 Å². The molecule has 1 saturated carbocycles. The van der Waals surface area contributed by atoms with Crippen LogP contribution in [-0.4, -0.2) is 6.17 Å². The van der Waals surface area contributed by atoms with Gasteiger partial charge in [0.1, 0.15) is 6.17 Å². The van der Waals surface area contributed by atoms with Crippen LogP contribution in [-0.2, 0) is 6.42 Å². The lowest BCUT2D eigenvalue weighted by Gasteiger charge is -2.27. The molecule has 1 heteroatoms. The number of benzene rings is 1. The maximum absolute atomic E-state index is 14.0. The predicted molar refractivity (Wildman–Crippen MR) is 75.7 cm³/mol. The van der Waals surface area contributed by atoms with Crippen LogP contribution in [0.3, 0.4) is 0 Å². The van der Waals surface area contributed by atoms with E-state index in [0.717, 1.165) is 25.7 Å². The Kier molecular flexibility index (Phi) is 4.09. The first-order valence-electron chi connectivity index (χ1n) is 7.19. The zero-order chi connectivity index (χ0) is 13.2. The van der Waals surface area contributed by atoms with Gasteiger partial charge in [0, 0.05) is 5.92 Å². The molecule has 100 valence electrons. The van der Waals surface area contributed by atoms with E-state index in [1.807, 2.05) is 0 Å². The Morgan fingerprint density at radius 1 is 1.17 bits per heavy atom. The molecule has 0 amide bonds. The van der Waals surface area contributed by atoms with Gasteiger partial charge in [-0.2, -0.15) is 0 Å². The van der Waals surface area contributed by atoms with Gasteiger partial charge in [0.15, 0.2) is 0 Å². The maximum atomic E-state index is 14.0. The summed E-state index contributed by atoms with van der Waals surface area (Å²) in [5.74, 6) is 0.138. The van der Waals surface area contributed by atoms with E-state index < -0.39 is 6.17 Å². The van der Waals surface area contributed by atoms with Gasteiger partial charge in [0.2, 0.25) is 0 Å². The van der Waals surface area contributed by atoms with Crippen LogP contribution in [0.15, 0.2) is 24.3 Å². The first-order chi connectivity index (χ1) is 8.46. The van der Waals surface area contributed by atoms with Crippen LogP contribution < -0.4 is 0 Å². The highest BCUT2D eigenvalue weighted by molar-refractivity contribution is 5.28. The van der Waals surface area contributed by atoms with E-state index in [1.165, 1.54) is 17.5 Å². The van der Waals surface area contributed by atoms with Gasteiger partial charge in [-0.25, -0.2) is 4.39 Å². The van der Waals surface area contributed by atoms with Gasteiger partial charge in [0.25, 0.3) is 0 Å². The molecule has 0 heterocycles. The second kappa shape index (κ2) is 5.42. The molecule has 0 aliphatic heterocycles. The van der Waals surface area contributed by atoms with Gasteiger partial charge in [0.05, 0.1) is 0 Å². The number of rotatable bonds is 2. The smallest absolute Gasteiger partial charge is 0.107 e. The largest absolute Gasteiger partial charge is 0.247 e. The molecule has 2 rings (SSSR count). The fourth-order valence-corrected chi connectivity index (χ4v) is 3.01. The summed E-state index contributed by atoms with van der Waals surface area (Å²) in [6.07, 6.45) is 4.41. The second-order valence-corrected chi connectivity index (χ2v) is 6.89. The molecular formula is C17H25F. The molecule has 1 aromatic rings. The third-order valence-corrected chi connectivity index (χ3v) is 3.80. The SMILES string of the molecule is CC(C)(C)Cc1cccc(C2CCCCC2F)c1. The molecule has 0 saturated heterocycles. The summed E-state index contributed by atoms with van der Waals surface area (Å²) >= 11 is 0. The monoisotopic (exact) mass is 248 g/mol. The fraction of sp³-hybridized carbons (Fsp3) is 0.647. The molecule has 0 bridgehead atoms. The Hall–Kier alpha value is -0.850. The molecule has 2 atom stereocenters. The molecule has 0 spiro atoms. The summed E-state index contributed by atoms with van der Waals surface area (Å²) in [5, 5.41) is 0. The van der Waals surface area contributed by atoms with Crippen molar-refractivity contribution in [1.29, 1.82) is 0 Å². The zero-order valence-electron chi connectivity index (χ0n) is 11.9. The van der Waals surface area contributed by atoms with Crippen molar-refractivity contribution in [3.05, 3.63) is 35.4 Å². The Morgan fingerprint density at radius 3 is 2.56 bits per heavy atom. The second-order valence-electron chi connectivity index (χ2n) is 6.89. The van der Waals surface area contributed by atoms with Gasteiger partial charge >= 0.3 is 0 Å². The number of hydrogen-bond donors (Lipinski definition) is 0. The van der Waals surface area contributed by atoms with E-state index in [9.17, 15) is 4.39 Å². The standard InChI is InChI=1S/C17H25F/c1-17(2,3)12-13-7-6-8-14(11-13)15-9-4-5-10-16(15)18/h6-8,11,15-16H,4-5,9-10,12H2,1-3H3. The van der Waals surface area contributed by atoms with Crippen molar-refractivity contribution in [3.63, 3.8) is 0 Å². The van der Waals surface area contributed by atoms with Crippen LogP contribution in [0.2, 0.25) is 0 Å². The lowest BCUT2D eigenvalue weighted by atomic mass is 9.81. The van der Waals surface area contributed by atoms with Gasteiger partial charge in [-0.05, 0) is 35.8 Å². The maximum Gasteiger partial charge on any atom is 0.107 e. The first kappa shape index (κ1) is 13.6. The molecule has 1 aliphatic carbocycles. The Labute approximate surface area is 111 Å². The van der Waals surface area contributed by atoms with E-state index in [0.29, 0.717) is 5.41 Å². The van der Waals surface area contributed by atoms with Crippen molar-refractivity contribution in [2.45, 2.75) is 65.0 Å². The summed E-state index contributed by atoms with van der Waals surface area (Å²) in [5.41, 5.74) is 2.85. The Bertz CT molecular complexity index is 389. The normalized spacial score (nSPS) is 25.1. The van der Waals surface area contributed by atoms with Crippen LogP contribution >= 0.6 is 0 Å². The van der Waals surface area contributed by atoms with Crippen molar-refractivity contribution in [2.75, 3.05) is 0 Å². The van der Waals surface area contributed by atoms with Crippen molar-refractivity contribution in [2.24, 2.45) is 5.41 Å². The van der Waals surface area contributed by atoms with E-state index in [1.54, 1.807) is 0 Å². The molecule has 0 radical (unpaired) electrons. The summed E-state index contributed by atoms with van der Waals surface area (Å²) < 4.78 is 14.0. The molecule has 18 heavy (non-hydrogen) atoms. The van der Waals surface area contributed by atoms with E-state index >= 15 is 0 Å².